The van der Waals surface area contributed by atoms with Crippen LogP contribution in [0.15, 0.2) is 0 Å². The Bertz CT molecular complexity index is 298. The first kappa shape index (κ1) is 19.0. The smallest absolute Gasteiger partial charge is 0.0251 e. The van der Waals surface area contributed by atoms with E-state index in [1.807, 2.05) is 0 Å². The molecular formula is C19H40N2. The predicted octanol–water partition coefficient (Wildman–Crippen LogP) is 4.55. The van der Waals surface area contributed by atoms with E-state index in [1.54, 1.807) is 0 Å². The normalized spacial score (nSPS) is 29.1. The average molecular weight is 297 g/mol. The van der Waals surface area contributed by atoms with E-state index >= 15 is 0 Å². The van der Waals surface area contributed by atoms with E-state index in [0.29, 0.717) is 23.5 Å². The van der Waals surface area contributed by atoms with Gasteiger partial charge >= 0.3 is 0 Å². The van der Waals surface area contributed by atoms with Crippen LogP contribution in [0.2, 0.25) is 0 Å². The molecule has 21 heavy (non-hydrogen) atoms. The van der Waals surface area contributed by atoms with Gasteiger partial charge in [-0.15, -0.1) is 0 Å². The van der Waals surface area contributed by atoms with Crippen molar-refractivity contribution < 1.29 is 0 Å². The molecule has 4 atom stereocenters. The Morgan fingerprint density at radius 1 is 1.19 bits per heavy atom. The molecule has 0 aromatic carbocycles. The van der Waals surface area contributed by atoms with E-state index in [1.165, 1.54) is 32.1 Å². The fourth-order valence-electron chi connectivity index (χ4n) is 4.11. The highest BCUT2D eigenvalue weighted by molar-refractivity contribution is 4.94. The Balaban J connectivity index is 2.79. The molecule has 0 aliphatic heterocycles. The van der Waals surface area contributed by atoms with E-state index in [4.69, 9.17) is 0 Å². The van der Waals surface area contributed by atoms with Crippen molar-refractivity contribution >= 4 is 0 Å². The van der Waals surface area contributed by atoms with E-state index in [-0.39, 0.29) is 0 Å². The lowest BCUT2D eigenvalue weighted by atomic mass is 9.67. The number of hydrogen-bond acceptors (Lipinski definition) is 2. The average Bonchev–Trinajstić information content (AvgIpc) is 2.44. The molecular weight excluding hydrogens is 256 g/mol. The topological polar surface area (TPSA) is 15.3 Å². The van der Waals surface area contributed by atoms with Crippen LogP contribution >= 0.6 is 0 Å². The van der Waals surface area contributed by atoms with E-state index in [9.17, 15) is 0 Å². The first-order valence-electron chi connectivity index (χ1n) is 9.12. The quantitative estimate of drug-likeness (QED) is 0.741. The summed E-state index contributed by atoms with van der Waals surface area (Å²) in [6, 6.07) is 2.02. The molecule has 1 fully saturated rings. The van der Waals surface area contributed by atoms with Gasteiger partial charge in [0.1, 0.15) is 0 Å². The molecule has 1 aliphatic carbocycles. The summed E-state index contributed by atoms with van der Waals surface area (Å²) in [5.74, 6) is 1.65. The zero-order chi connectivity index (χ0) is 16.2. The SMILES string of the molecule is CCC(C)(C)C1CCC(NC)C(N(C)C(C)CC(C)C)C1. The van der Waals surface area contributed by atoms with Crippen LogP contribution < -0.4 is 5.32 Å². The van der Waals surface area contributed by atoms with Gasteiger partial charge in [-0.2, -0.15) is 0 Å². The summed E-state index contributed by atoms with van der Waals surface area (Å²) in [5, 5.41) is 3.59. The van der Waals surface area contributed by atoms with Crippen LogP contribution in [0.4, 0.5) is 0 Å². The highest BCUT2D eigenvalue weighted by Crippen LogP contribution is 2.42. The molecule has 0 amide bonds. The molecule has 126 valence electrons. The molecule has 0 radical (unpaired) electrons. The molecule has 0 aromatic rings. The van der Waals surface area contributed by atoms with Crippen LogP contribution in [0, 0.1) is 17.3 Å². The van der Waals surface area contributed by atoms with Crippen LogP contribution in [0.25, 0.3) is 0 Å². The van der Waals surface area contributed by atoms with Gasteiger partial charge in [-0.1, -0.05) is 41.0 Å². The number of hydrogen-bond donors (Lipinski definition) is 1. The van der Waals surface area contributed by atoms with Crippen LogP contribution in [-0.4, -0.2) is 37.1 Å². The largest absolute Gasteiger partial charge is 0.315 e. The van der Waals surface area contributed by atoms with Gasteiger partial charge in [0.15, 0.2) is 0 Å². The minimum absolute atomic E-state index is 0.485. The molecule has 2 heteroatoms. The number of likely N-dealkylation sites (N-methyl/N-ethyl adjacent to an activating group) is 2. The zero-order valence-electron chi connectivity index (χ0n) is 15.9. The van der Waals surface area contributed by atoms with Crippen LogP contribution in [0.3, 0.4) is 0 Å². The lowest BCUT2D eigenvalue weighted by Gasteiger charge is -2.47. The Kier molecular flexibility index (Phi) is 7.19. The zero-order valence-corrected chi connectivity index (χ0v) is 15.9. The maximum absolute atomic E-state index is 3.59. The molecule has 1 saturated carbocycles. The number of nitrogens with one attached hydrogen (secondary N) is 1. The van der Waals surface area contributed by atoms with E-state index < -0.39 is 0 Å². The summed E-state index contributed by atoms with van der Waals surface area (Å²) in [6.45, 7) is 14.4. The van der Waals surface area contributed by atoms with E-state index in [0.717, 1.165) is 11.8 Å². The standard InChI is InChI=1S/C19H40N2/c1-9-19(5,6)16-10-11-17(20-7)18(13-16)21(8)15(4)12-14(2)3/h14-18,20H,9-13H2,1-8H3. The molecule has 1 N–H and O–H groups in total. The van der Waals surface area contributed by atoms with Gasteiger partial charge in [0, 0.05) is 18.1 Å². The van der Waals surface area contributed by atoms with E-state index in [2.05, 4.69) is 65.9 Å². The summed E-state index contributed by atoms with van der Waals surface area (Å²) in [7, 11) is 4.49. The second-order valence-electron chi connectivity index (χ2n) is 8.46. The Labute approximate surface area is 134 Å². The highest BCUT2D eigenvalue weighted by Gasteiger charge is 2.39. The first-order chi connectivity index (χ1) is 9.72. The van der Waals surface area contributed by atoms with Gasteiger partial charge in [-0.25, -0.2) is 0 Å². The monoisotopic (exact) mass is 296 g/mol. The maximum atomic E-state index is 3.59. The van der Waals surface area contributed by atoms with Crippen molar-refractivity contribution in [1.29, 1.82) is 0 Å². The van der Waals surface area contributed by atoms with Crippen molar-refractivity contribution in [3.05, 3.63) is 0 Å². The minimum atomic E-state index is 0.485. The summed E-state index contributed by atoms with van der Waals surface area (Å²) in [4.78, 5) is 2.67. The molecule has 4 unspecified atom stereocenters. The summed E-state index contributed by atoms with van der Waals surface area (Å²) < 4.78 is 0. The highest BCUT2D eigenvalue weighted by atomic mass is 15.2. The lowest BCUT2D eigenvalue weighted by molar-refractivity contribution is 0.0432. The summed E-state index contributed by atoms with van der Waals surface area (Å²) in [5.41, 5.74) is 0.485. The van der Waals surface area contributed by atoms with Crippen molar-refractivity contribution in [2.24, 2.45) is 17.3 Å². The Hall–Kier alpha value is -0.0800. The molecule has 0 spiro atoms. The van der Waals surface area contributed by atoms with Gasteiger partial charge in [-0.05, 0) is 64.0 Å². The van der Waals surface area contributed by atoms with Gasteiger partial charge in [-0.3, -0.25) is 4.90 Å². The minimum Gasteiger partial charge on any atom is -0.315 e. The third kappa shape index (κ3) is 4.96. The second-order valence-corrected chi connectivity index (χ2v) is 8.46. The Morgan fingerprint density at radius 3 is 2.29 bits per heavy atom. The third-order valence-electron chi connectivity index (χ3n) is 6.23. The lowest BCUT2D eigenvalue weighted by Crippen LogP contribution is -2.55. The third-order valence-corrected chi connectivity index (χ3v) is 6.23. The van der Waals surface area contributed by atoms with Gasteiger partial charge in [0.2, 0.25) is 0 Å². The summed E-state index contributed by atoms with van der Waals surface area (Å²) >= 11 is 0. The predicted molar refractivity (Wildman–Crippen MR) is 94.7 cm³/mol. The molecule has 0 bridgehead atoms. The molecule has 1 aliphatic rings. The van der Waals surface area contributed by atoms with Crippen molar-refractivity contribution in [3.63, 3.8) is 0 Å². The van der Waals surface area contributed by atoms with Crippen LogP contribution in [0.5, 0.6) is 0 Å². The fraction of sp³-hybridized carbons (Fsp3) is 1.00. The maximum Gasteiger partial charge on any atom is 0.0251 e. The molecule has 1 rings (SSSR count). The van der Waals surface area contributed by atoms with Crippen molar-refractivity contribution in [1.82, 2.24) is 10.2 Å². The van der Waals surface area contributed by atoms with Crippen molar-refractivity contribution in [3.8, 4) is 0 Å². The van der Waals surface area contributed by atoms with Gasteiger partial charge in [0.05, 0.1) is 0 Å². The van der Waals surface area contributed by atoms with Crippen LogP contribution in [-0.2, 0) is 0 Å². The number of nitrogens with zero attached hydrogens (tertiary/aromatic N) is 1. The molecule has 0 aromatic heterocycles. The number of rotatable bonds is 7. The van der Waals surface area contributed by atoms with Crippen molar-refractivity contribution in [2.75, 3.05) is 14.1 Å². The second kappa shape index (κ2) is 7.97. The van der Waals surface area contributed by atoms with Gasteiger partial charge < -0.3 is 5.32 Å². The Morgan fingerprint density at radius 2 is 1.81 bits per heavy atom. The molecule has 0 saturated heterocycles. The molecule has 0 heterocycles. The molecule has 2 nitrogen and oxygen atoms in total. The van der Waals surface area contributed by atoms with Gasteiger partial charge in [0.25, 0.3) is 0 Å². The fourth-order valence-corrected chi connectivity index (χ4v) is 4.11. The first-order valence-corrected chi connectivity index (χ1v) is 9.12. The van der Waals surface area contributed by atoms with Crippen LogP contribution in [0.1, 0.15) is 73.6 Å². The van der Waals surface area contributed by atoms with Crippen molar-refractivity contribution in [2.45, 2.75) is 91.8 Å². The summed E-state index contributed by atoms with van der Waals surface area (Å²) in [6.07, 6.45) is 6.65.